The second-order valence-corrected chi connectivity index (χ2v) is 7.00. The highest BCUT2D eigenvalue weighted by Gasteiger charge is 2.25. The molecular weight excluding hydrogens is 270 g/mol. The molecule has 1 rings (SSSR count). The van der Waals surface area contributed by atoms with Gasteiger partial charge in [0, 0.05) is 35.0 Å². The van der Waals surface area contributed by atoms with Gasteiger partial charge < -0.3 is 10.0 Å². The third kappa shape index (κ3) is 5.10. The van der Waals surface area contributed by atoms with Crippen LogP contribution in [0.5, 0.6) is 0 Å². The van der Waals surface area contributed by atoms with Crippen molar-refractivity contribution in [2.75, 3.05) is 23.8 Å². The van der Waals surface area contributed by atoms with E-state index in [0.29, 0.717) is 11.7 Å². The molecule has 1 N–H and O–H groups in total. The van der Waals surface area contributed by atoms with Crippen LogP contribution in [0.3, 0.4) is 0 Å². The third-order valence-corrected chi connectivity index (χ3v) is 5.88. The van der Waals surface area contributed by atoms with Gasteiger partial charge in [-0.1, -0.05) is 6.92 Å². The molecule has 104 valence electrons. The van der Waals surface area contributed by atoms with Crippen LogP contribution in [-0.4, -0.2) is 57.0 Å². The number of hydrogen-bond acceptors (Lipinski definition) is 4. The summed E-state index contributed by atoms with van der Waals surface area (Å²) in [4.78, 5) is 24.5. The van der Waals surface area contributed by atoms with E-state index in [4.69, 9.17) is 5.11 Å². The van der Waals surface area contributed by atoms with Crippen LogP contribution in [0.1, 0.15) is 26.7 Å². The summed E-state index contributed by atoms with van der Waals surface area (Å²) in [5.41, 5.74) is 0. The van der Waals surface area contributed by atoms with Gasteiger partial charge in [-0.05, 0) is 13.3 Å². The van der Waals surface area contributed by atoms with Gasteiger partial charge in [0.1, 0.15) is 6.54 Å². The van der Waals surface area contributed by atoms with E-state index in [-0.39, 0.29) is 18.5 Å². The van der Waals surface area contributed by atoms with Crippen LogP contribution in [0.25, 0.3) is 0 Å². The first-order valence-corrected chi connectivity index (χ1v) is 8.45. The molecule has 0 aromatic heterocycles. The molecule has 1 heterocycles. The van der Waals surface area contributed by atoms with Crippen LogP contribution in [0.2, 0.25) is 0 Å². The maximum absolute atomic E-state index is 12.2. The fraction of sp³-hybridized carbons (Fsp3) is 0.833. The zero-order valence-electron chi connectivity index (χ0n) is 10.9. The molecule has 0 bridgehead atoms. The van der Waals surface area contributed by atoms with E-state index in [1.807, 2.05) is 37.4 Å². The number of hydrogen-bond donors (Lipinski definition) is 1. The predicted octanol–water partition coefficient (Wildman–Crippen LogP) is 1.94. The monoisotopic (exact) mass is 291 g/mol. The Morgan fingerprint density at radius 1 is 1.44 bits per heavy atom. The summed E-state index contributed by atoms with van der Waals surface area (Å²) in [6, 6.07) is -0.00477. The Morgan fingerprint density at radius 2 is 2.17 bits per heavy atom. The minimum atomic E-state index is -0.936. The molecule has 2 atom stereocenters. The number of amides is 1. The number of nitrogens with zero attached hydrogens (tertiary/aromatic N) is 1. The zero-order chi connectivity index (χ0) is 13.5. The summed E-state index contributed by atoms with van der Waals surface area (Å²) in [7, 11) is 0. The van der Waals surface area contributed by atoms with Gasteiger partial charge in [-0.3, -0.25) is 9.59 Å². The largest absolute Gasteiger partial charge is 0.480 e. The van der Waals surface area contributed by atoms with E-state index < -0.39 is 5.97 Å². The molecule has 2 unspecified atom stereocenters. The number of aliphatic carboxylic acids is 1. The van der Waals surface area contributed by atoms with Crippen LogP contribution in [0.15, 0.2) is 0 Å². The molecule has 18 heavy (non-hydrogen) atoms. The quantitative estimate of drug-likeness (QED) is 0.810. The topological polar surface area (TPSA) is 57.6 Å². The average molecular weight is 291 g/mol. The normalized spacial score (nSPS) is 21.3. The summed E-state index contributed by atoms with van der Waals surface area (Å²) >= 11 is 3.71. The minimum absolute atomic E-state index is 0.00477. The SMILES string of the molecule is CCC(C)N(CC(=O)O)C(=O)CC1CSCCS1. The lowest BCUT2D eigenvalue weighted by Gasteiger charge is -2.29. The Morgan fingerprint density at radius 3 is 2.67 bits per heavy atom. The summed E-state index contributed by atoms with van der Waals surface area (Å²) < 4.78 is 0. The van der Waals surface area contributed by atoms with Crippen molar-refractivity contribution in [1.29, 1.82) is 0 Å². The van der Waals surface area contributed by atoms with Crippen molar-refractivity contribution < 1.29 is 14.7 Å². The van der Waals surface area contributed by atoms with Crippen LogP contribution >= 0.6 is 23.5 Å². The second kappa shape index (κ2) is 7.94. The van der Waals surface area contributed by atoms with Gasteiger partial charge in [0.25, 0.3) is 0 Å². The molecule has 0 aromatic carbocycles. The molecule has 0 saturated carbocycles. The fourth-order valence-electron chi connectivity index (χ4n) is 1.82. The van der Waals surface area contributed by atoms with Gasteiger partial charge in [-0.25, -0.2) is 0 Å². The number of carbonyl (C=O) groups is 2. The molecule has 0 aliphatic carbocycles. The van der Waals surface area contributed by atoms with Gasteiger partial charge in [0.05, 0.1) is 0 Å². The Labute approximate surface area is 117 Å². The number of rotatable bonds is 6. The van der Waals surface area contributed by atoms with Gasteiger partial charge >= 0.3 is 5.97 Å². The second-order valence-electron chi connectivity index (χ2n) is 4.44. The minimum Gasteiger partial charge on any atom is -0.480 e. The zero-order valence-corrected chi connectivity index (χ0v) is 12.6. The van der Waals surface area contributed by atoms with Crippen LogP contribution in [0.4, 0.5) is 0 Å². The van der Waals surface area contributed by atoms with E-state index >= 15 is 0 Å². The van der Waals surface area contributed by atoms with Crippen molar-refractivity contribution in [3.63, 3.8) is 0 Å². The molecule has 1 fully saturated rings. The van der Waals surface area contributed by atoms with Crippen molar-refractivity contribution in [3.05, 3.63) is 0 Å². The van der Waals surface area contributed by atoms with Gasteiger partial charge in [0.2, 0.25) is 5.91 Å². The summed E-state index contributed by atoms with van der Waals surface area (Å²) in [5, 5.41) is 9.22. The van der Waals surface area contributed by atoms with Crippen LogP contribution in [0, 0.1) is 0 Å². The molecule has 1 saturated heterocycles. The highest BCUT2D eigenvalue weighted by atomic mass is 32.2. The van der Waals surface area contributed by atoms with E-state index in [9.17, 15) is 9.59 Å². The van der Waals surface area contributed by atoms with Gasteiger partial charge in [0.15, 0.2) is 0 Å². The Balaban J connectivity index is 2.54. The maximum atomic E-state index is 12.2. The fourth-order valence-corrected chi connectivity index (χ4v) is 4.49. The third-order valence-electron chi connectivity index (χ3n) is 3.04. The molecule has 4 nitrogen and oxygen atoms in total. The summed E-state index contributed by atoms with van der Waals surface area (Å²) in [5.74, 6) is 2.28. The number of carboxylic acid groups (broad SMARTS) is 1. The van der Waals surface area contributed by atoms with E-state index in [2.05, 4.69) is 0 Å². The van der Waals surface area contributed by atoms with Crippen molar-refractivity contribution in [2.24, 2.45) is 0 Å². The molecule has 6 heteroatoms. The highest BCUT2D eigenvalue weighted by Crippen LogP contribution is 2.27. The molecule has 0 spiro atoms. The van der Waals surface area contributed by atoms with Gasteiger partial charge in [-0.15, -0.1) is 0 Å². The average Bonchev–Trinajstić information content (AvgIpc) is 2.36. The van der Waals surface area contributed by atoms with E-state index in [1.165, 1.54) is 4.90 Å². The Kier molecular flexibility index (Phi) is 6.92. The highest BCUT2D eigenvalue weighted by molar-refractivity contribution is 8.06. The first-order valence-electron chi connectivity index (χ1n) is 6.25. The lowest BCUT2D eigenvalue weighted by atomic mass is 10.2. The molecule has 0 radical (unpaired) electrons. The van der Waals surface area contributed by atoms with Crippen molar-refractivity contribution in [2.45, 2.75) is 38.0 Å². The maximum Gasteiger partial charge on any atom is 0.323 e. The van der Waals surface area contributed by atoms with Gasteiger partial charge in [-0.2, -0.15) is 23.5 Å². The molecule has 1 aliphatic heterocycles. The van der Waals surface area contributed by atoms with Crippen molar-refractivity contribution in [1.82, 2.24) is 4.90 Å². The molecular formula is C12H21NO3S2. The smallest absolute Gasteiger partial charge is 0.323 e. The van der Waals surface area contributed by atoms with Crippen molar-refractivity contribution >= 4 is 35.4 Å². The Bertz CT molecular complexity index is 293. The summed E-state index contributed by atoms with van der Waals surface area (Å²) in [6.07, 6.45) is 1.25. The standard InChI is InChI=1S/C12H21NO3S2/c1-3-9(2)13(7-12(15)16)11(14)6-10-8-17-4-5-18-10/h9-10H,3-8H2,1-2H3,(H,15,16). The lowest BCUT2D eigenvalue weighted by molar-refractivity contribution is -0.146. The number of thioether (sulfide) groups is 2. The number of carbonyl (C=O) groups excluding carboxylic acids is 1. The van der Waals surface area contributed by atoms with E-state index in [0.717, 1.165) is 23.7 Å². The summed E-state index contributed by atoms with van der Waals surface area (Å²) in [6.45, 7) is 3.69. The molecule has 0 aromatic rings. The number of carboxylic acids is 1. The molecule has 1 amide bonds. The first-order chi connectivity index (χ1) is 8.54. The van der Waals surface area contributed by atoms with E-state index in [1.54, 1.807) is 0 Å². The van der Waals surface area contributed by atoms with Crippen LogP contribution < -0.4 is 0 Å². The lowest BCUT2D eigenvalue weighted by Crippen LogP contribution is -2.43. The van der Waals surface area contributed by atoms with Crippen LogP contribution in [-0.2, 0) is 9.59 Å². The van der Waals surface area contributed by atoms with Crippen molar-refractivity contribution in [3.8, 4) is 0 Å². The first kappa shape index (κ1) is 15.7. The molecule has 1 aliphatic rings. The Hall–Kier alpha value is -0.360. The predicted molar refractivity (Wildman–Crippen MR) is 77.3 cm³/mol.